The van der Waals surface area contributed by atoms with Crippen LogP contribution in [0.15, 0.2) is 17.3 Å². The fourth-order valence-electron chi connectivity index (χ4n) is 0.488. The Morgan fingerprint density at radius 2 is 1.73 bits per heavy atom. The summed E-state index contributed by atoms with van der Waals surface area (Å²) in [5.41, 5.74) is 0.244. The molecule has 0 unspecified atom stereocenters. The summed E-state index contributed by atoms with van der Waals surface area (Å²) in [4.78, 5) is 4.15. The number of hydrogen-bond donors (Lipinski definition) is 0. The van der Waals surface area contributed by atoms with Gasteiger partial charge in [-0.2, -0.15) is 0 Å². The molecule has 0 N–H and O–H groups in total. The first kappa shape index (κ1) is 10.4. The van der Waals surface area contributed by atoms with Crippen LogP contribution >= 0.6 is 0 Å². The lowest BCUT2D eigenvalue weighted by Crippen LogP contribution is -1.97. The Kier molecular flexibility index (Phi) is 4.09. The van der Waals surface area contributed by atoms with Crippen molar-refractivity contribution in [2.24, 2.45) is 16.3 Å². The minimum absolute atomic E-state index is 0.244. The monoisotopic (exact) mass is 153 g/mol. The summed E-state index contributed by atoms with van der Waals surface area (Å²) >= 11 is 0. The van der Waals surface area contributed by atoms with E-state index in [9.17, 15) is 0 Å². The first-order chi connectivity index (χ1) is 4.92. The van der Waals surface area contributed by atoms with Crippen molar-refractivity contribution in [3.8, 4) is 0 Å². The molecule has 0 saturated carbocycles. The molecule has 0 amide bonds. The van der Waals surface area contributed by atoms with Gasteiger partial charge in [-0.15, -0.1) is 0 Å². The molecule has 0 aliphatic heterocycles. The highest BCUT2D eigenvalue weighted by atomic mass is 14.7. The molecule has 0 fully saturated rings. The van der Waals surface area contributed by atoms with Crippen molar-refractivity contribution in [1.29, 1.82) is 0 Å². The first-order valence-corrected chi connectivity index (χ1v) is 4.13. The molecule has 64 valence electrons. The highest BCUT2D eigenvalue weighted by Crippen LogP contribution is 2.13. The lowest BCUT2D eigenvalue weighted by molar-refractivity contribution is 0.543. The van der Waals surface area contributed by atoms with Gasteiger partial charge in [0, 0.05) is 12.4 Å². The van der Waals surface area contributed by atoms with E-state index in [0.717, 1.165) is 0 Å². The van der Waals surface area contributed by atoms with Gasteiger partial charge in [0.05, 0.1) is 0 Å². The molecule has 11 heavy (non-hydrogen) atoms. The van der Waals surface area contributed by atoms with Crippen molar-refractivity contribution in [2.45, 2.75) is 34.6 Å². The third-order valence-electron chi connectivity index (χ3n) is 1.04. The molecule has 0 rings (SSSR count). The van der Waals surface area contributed by atoms with Crippen LogP contribution in [0.1, 0.15) is 34.6 Å². The van der Waals surface area contributed by atoms with E-state index in [0.29, 0.717) is 5.92 Å². The van der Waals surface area contributed by atoms with Gasteiger partial charge in [0.2, 0.25) is 0 Å². The predicted molar refractivity (Wildman–Crippen MR) is 51.9 cm³/mol. The van der Waals surface area contributed by atoms with Gasteiger partial charge in [-0.1, -0.05) is 40.7 Å². The van der Waals surface area contributed by atoms with Crippen LogP contribution in [0.3, 0.4) is 0 Å². The zero-order chi connectivity index (χ0) is 8.91. The molecule has 1 heteroatoms. The SMILES string of the molecule is CC(C)C=N/C=C\C(C)(C)C. The van der Waals surface area contributed by atoms with Crippen molar-refractivity contribution in [1.82, 2.24) is 0 Å². The highest BCUT2D eigenvalue weighted by molar-refractivity contribution is 5.60. The van der Waals surface area contributed by atoms with Crippen molar-refractivity contribution >= 4 is 6.21 Å². The maximum atomic E-state index is 4.15. The van der Waals surface area contributed by atoms with Gasteiger partial charge >= 0.3 is 0 Å². The number of aliphatic imine (C=N–C) groups is 1. The lowest BCUT2D eigenvalue weighted by atomic mass is 9.97. The molecule has 0 aromatic carbocycles. The van der Waals surface area contributed by atoms with Gasteiger partial charge in [0.25, 0.3) is 0 Å². The van der Waals surface area contributed by atoms with Gasteiger partial charge in [0.1, 0.15) is 0 Å². The van der Waals surface area contributed by atoms with E-state index in [1.54, 1.807) is 0 Å². The normalized spacial score (nSPS) is 14.0. The number of hydrogen-bond acceptors (Lipinski definition) is 1. The van der Waals surface area contributed by atoms with E-state index in [4.69, 9.17) is 0 Å². The van der Waals surface area contributed by atoms with E-state index >= 15 is 0 Å². The number of rotatable bonds is 2. The smallest absolute Gasteiger partial charge is 0.0229 e. The molecule has 0 aliphatic rings. The van der Waals surface area contributed by atoms with E-state index in [-0.39, 0.29) is 5.41 Å². The molecule has 0 aliphatic carbocycles. The minimum atomic E-state index is 0.244. The molecule has 0 radical (unpaired) electrons. The van der Waals surface area contributed by atoms with Crippen LogP contribution in [-0.4, -0.2) is 6.21 Å². The number of nitrogens with zero attached hydrogens (tertiary/aromatic N) is 1. The van der Waals surface area contributed by atoms with Crippen LogP contribution in [-0.2, 0) is 0 Å². The quantitative estimate of drug-likeness (QED) is 0.540. The standard InChI is InChI=1S/C10H19N/c1-9(2)8-11-7-6-10(3,4)5/h6-9H,1-5H3/b7-6-,11-8?. The topological polar surface area (TPSA) is 12.4 Å². The van der Waals surface area contributed by atoms with Crippen molar-refractivity contribution in [3.05, 3.63) is 12.3 Å². The molecule has 0 saturated heterocycles. The maximum absolute atomic E-state index is 4.15. The summed E-state index contributed by atoms with van der Waals surface area (Å²) < 4.78 is 0. The van der Waals surface area contributed by atoms with Gasteiger partial charge in [-0.25, -0.2) is 0 Å². The Morgan fingerprint density at radius 1 is 1.18 bits per heavy atom. The summed E-state index contributed by atoms with van der Waals surface area (Å²) in [5, 5.41) is 0. The van der Waals surface area contributed by atoms with Crippen LogP contribution in [0.25, 0.3) is 0 Å². The Balaban J connectivity index is 3.78. The molecule has 0 heterocycles. The molecule has 1 nitrogen and oxygen atoms in total. The zero-order valence-electron chi connectivity index (χ0n) is 8.26. The second-order valence-corrected chi connectivity index (χ2v) is 4.22. The van der Waals surface area contributed by atoms with Gasteiger partial charge < -0.3 is 0 Å². The summed E-state index contributed by atoms with van der Waals surface area (Å²) in [6.45, 7) is 10.7. The Morgan fingerprint density at radius 3 is 2.09 bits per heavy atom. The molecule has 0 bridgehead atoms. The lowest BCUT2D eigenvalue weighted by Gasteiger charge is -2.09. The Labute approximate surface area is 70.2 Å². The van der Waals surface area contributed by atoms with Crippen LogP contribution in [0, 0.1) is 11.3 Å². The van der Waals surface area contributed by atoms with Crippen molar-refractivity contribution < 1.29 is 0 Å². The molecule has 0 aromatic heterocycles. The van der Waals surface area contributed by atoms with Crippen LogP contribution < -0.4 is 0 Å². The third-order valence-corrected chi connectivity index (χ3v) is 1.04. The Bertz CT molecular complexity index is 147. The number of allylic oxidation sites excluding steroid dienone is 1. The average Bonchev–Trinajstić information content (AvgIpc) is 1.78. The summed E-state index contributed by atoms with van der Waals surface area (Å²) in [6.07, 6.45) is 5.92. The second-order valence-electron chi connectivity index (χ2n) is 4.22. The summed E-state index contributed by atoms with van der Waals surface area (Å²) in [6, 6.07) is 0. The van der Waals surface area contributed by atoms with E-state index in [1.165, 1.54) is 0 Å². The van der Waals surface area contributed by atoms with Crippen molar-refractivity contribution in [2.75, 3.05) is 0 Å². The molecule has 0 atom stereocenters. The van der Waals surface area contributed by atoms with Crippen LogP contribution in [0.2, 0.25) is 0 Å². The van der Waals surface area contributed by atoms with E-state index < -0.39 is 0 Å². The summed E-state index contributed by atoms with van der Waals surface area (Å²) in [7, 11) is 0. The molecular formula is C10H19N. The molecule has 0 aromatic rings. The molecular weight excluding hydrogens is 134 g/mol. The minimum Gasteiger partial charge on any atom is -0.269 e. The first-order valence-electron chi connectivity index (χ1n) is 4.13. The summed E-state index contributed by atoms with van der Waals surface area (Å²) in [5.74, 6) is 0.541. The average molecular weight is 153 g/mol. The fourth-order valence-corrected chi connectivity index (χ4v) is 0.488. The fraction of sp³-hybridized carbons (Fsp3) is 0.700. The van der Waals surface area contributed by atoms with Crippen LogP contribution in [0.5, 0.6) is 0 Å². The van der Waals surface area contributed by atoms with Crippen LogP contribution in [0.4, 0.5) is 0 Å². The predicted octanol–water partition coefficient (Wildman–Crippen LogP) is 3.27. The maximum Gasteiger partial charge on any atom is 0.0229 e. The third kappa shape index (κ3) is 9.41. The largest absolute Gasteiger partial charge is 0.269 e. The van der Waals surface area contributed by atoms with Gasteiger partial charge in [-0.05, 0) is 11.3 Å². The Hall–Kier alpha value is -0.590. The zero-order valence-corrected chi connectivity index (χ0v) is 8.26. The second kappa shape index (κ2) is 4.32. The van der Waals surface area contributed by atoms with Crippen molar-refractivity contribution in [3.63, 3.8) is 0 Å². The molecule has 0 spiro atoms. The van der Waals surface area contributed by atoms with Gasteiger partial charge in [0.15, 0.2) is 0 Å². The van der Waals surface area contributed by atoms with E-state index in [1.807, 2.05) is 12.4 Å². The van der Waals surface area contributed by atoms with E-state index in [2.05, 4.69) is 45.7 Å². The highest BCUT2D eigenvalue weighted by Gasteiger charge is 2.02. The van der Waals surface area contributed by atoms with Gasteiger partial charge in [-0.3, -0.25) is 4.99 Å².